The smallest absolute Gasteiger partial charge is 0.192 e. The molecule has 92 valence electrons. The molecule has 3 heteroatoms. The molecule has 0 heterocycles. The van der Waals surface area contributed by atoms with E-state index in [-0.39, 0.29) is 0 Å². The van der Waals surface area contributed by atoms with Gasteiger partial charge in [0.1, 0.15) is 6.29 Å². The number of carbonyl (C=O) groups is 1. The van der Waals surface area contributed by atoms with E-state index >= 15 is 0 Å². The van der Waals surface area contributed by atoms with Crippen molar-refractivity contribution in [2.24, 2.45) is 17.8 Å². The molecule has 2 unspecified atom stereocenters. The van der Waals surface area contributed by atoms with E-state index in [1.807, 2.05) is 0 Å². The lowest BCUT2D eigenvalue weighted by Crippen LogP contribution is -2.43. The molecule has 0 saturated heterocycles. The Morgan fingerprint density at radius 3 is 2.06 bits per heavy atom. The van der Waals surface area contributed by atoms with Gasteiger partial charge in [0.2, 0.25) is 0 Å². The molecule has 2 saturated carbocycles. The first kappa shape index (κ1) is 12.3. The van der Waals surface area contributed by atoms with E-state index in [4.69, 9.17) is 4.43 Å². The highest BCUT2D eigenvalue weighted by molar-refractivity contribution is 6.74. The molecule has 0 aromatic carbocycles. The van der Waals surface area contributed by atoms with Crippen molar-refractivity contribution in [2.45, 2.75) is 57.8 Å². The molecule has 2 aliphatic rings. The van der Waals surface area contributed by atoms with Crippen LogP contribution in [-0.4, -0.2) is 20.7 Å². The summed E-state index contributed by atoms with van der Waals surface area (Å²) in [4.78, 5) is 10.7. The highest BCUT2D eigenvalue weighted by Crippen LogP contribution is 2.57. The van der Waals surface area contributed by atoms with Crippen LogP contribution in [0, 0.1) is 17.8 Å². The van der Waals surface area contributed by atoms with Gasteiger partial charge in [-0.25, -0.2) is 0 Å². The van der Waals surface area contributed by atoms with Crippen LogP contribution in [0.15, 0.2) is 0 Å². The lowest BCUT2D eigenvalue weighted by atomic mass is 10.1. The fraction of sp³-hybridized carbons (Fsp3) is 0.923. The lowest BCUT2D eigenvalue weighted by molar-refractivity contribution is -0.109. The van der Waals surface area contributed by atoms with Gasteiger partial charge in [0.15, 0.2) is 8.32 Å². The third-order valence-corrected chi connectivity index (χ3v) is 9.43. The van der Waals surface area contributed by atoms with Gasteiger partial charge in [-0.3, -0.25) is 0 Å². The van der Waals surface area contributed by atoms with E-state index in [1.54, 1.807) is 0 Å². The molecule has 0 bridgehead atoms. The highest BCUT2D eigenvalue weighted by Gasteiger charge is 2.57. The van der Waals surface area contributed by atoms with Crippen molar-refractivity contribution in [3.8, 4) is 0 Å². The Morgan fingerprint density at radius 2 is 1.69 bits per heavy atom. The Labute approximate surface area is 99.9 Å². The van der Waals surface area contributed by atoms with Crippen molar-refractivity contribution in [3.05, 3.63) is 0 Å². The van der Waals surface area contributed by atoms with Crippen molar-refractivity contribution in [1.82, 2.24) is 0 Å². The maximum atomic E-state index is 10.7. The van der Waals surface area contributed by atoms with E-state index in [2.05, 4.69) is 33.9 Å². The molecule has 2 rings (SSSR count). The number of fused-ring (bicyclic) bond motifs is 1. The molecule has 0 N–H and O–H groups in total. The van der Waals surface area contributed by atoms with Gasteiger partial charge < -0.3 is 9.22 Å². The van der Waals surface area contributed by atoms with E-state index in [0.717, 1.165) is 19.1 Å². The summed E-state index contributed by atoms with van der Waals surface area (Å²) < 4.78 is 6.38. The fourth-order valence-electron chi connectivity index (χ4n) is 2.73. The summed E-state index contributed by atoms with van der Waals surface area (Å²) in [6.07, 6.45) is 3.84. The minimum Gasteiger partial charge on any atom is -0.414 e. The van der Waals surface area contributed by atoms with Crippen LogP contribution < -0.4 is 0 Å². The average Bonchev–Trinajstić information content (AvgIpc) is 2.59. The quantitative estimate of drug-likeness (QED) is 0.559. The molecule has 0 aliphatic heterocycles. The Hall–Kier alpha value is -0.153. The maximum absolute atomic E-state index is 10.7. The van der Waals surface area contributed by atoms with Crippen LogP contribution in [0.1, 0.15) is 33.6 Å². The number of hydrogen-bond donors (Lipinski definition) is 0. The van der Waals surface area contributed by atoms with Crippen LogP contribution >= 0.6 is 0 Å². The molecular weight excluding hydrogens is 216 g/mol. The SMILES string of the molecule is CC(C)(C)[Si](C)(C)OC1C[C@@H]2C(C=O)[C@@H]2C1. The average molecular weight is 240 g/mol. The third kappa shape index (κ3) is 1.99. The fourth-order valence-corrected chi connectivity index (χ4v) is 4.11. The molecule has 0 aromatic rings. The Balaban J connectivity index is 1.88. The second-order valence-electron chi connectivity index (χ2n) is 7.01. The van der Waals surface area contributed by atoms with Gasteiger partial charge in [0.05, 0.1) is 0 Å². The standard InChI is InChI=1S/C13H24O2Si/c1-13(2,3)16(4,5)15-9-6-10-11(7-9)12(10)8-14/h8-12H,6-7H2,1-5H3/t9?,10-,11+,12?. The van der Waals surface area contributed by atoms with Crippen molar-refractivity contribution in [1.29, 1.82) is 0 Å². The molecule has 0 aromatic heterocycles. The number of rotatable bonds is 3. The number of aldehydes is 1. The van der Waals surface area contributed by atoms with Crippen molar-refractivity contribution >= 4 is 14.6 Å². The van der Waals surface area contributed by atoms with E-state index in [1.165, 1.54) is 0 Å². The molecule has 2 aliphatic carbocycles. The second kappa shape index (κ2) is 3.67. The predicted molar refractivity (Wildman–Crippen MR) is 67.8 cm³/mol. The molecule has 4 atom stereocenters. The molecule has 0 amide bonds. The summed E-state index contributed by atoms with van der Waals surface area (Å²) in [7, 11) is -1.60. The van der Waals surface area contributed by atoms with Crippen LogP contribution in [-0.2, 0) is 9.22 Å². The van der Waals surface area contributed by atoms with E-state index < -0.39 is 8.32 Å². The Morgan fingerprint density at radius 1 is 1.19 bits per heavy atom. The first-order valence-electron chi connectivity index (χ1n) is 6.39. The zero-order valence-electron chi connectivity index (χ0n) is 11.1. The van der Waals surface area contributed by atoms with E-state index in [0.29, 0.717) is 28.9 Å². The number of carbonyl (C=O) groups excluding carboxylic acids is 1. The summed E-state index contributed by atoms with van der Waals surface area (Å²) in [5.74, 6) is 1.69. The lowest BCUT2D eigenvalue weighted by Gasteiger charge is -2.38. The zero-order valence-corrected chi connectivity index (χ0v) is 12.1. The van der Waals surface area contributed by atoms with Gasteiger partial charge >= 0.3 is 0 Å². The van der Waals surface area contributed by atoms with Crippen molar-refractivity contribution in [3.63, 3.8) is 0 Å². The summed E-state index contributed by atoms with van der Waals surface area (Å²) in [5, 5.41) is 0.295. The highest BCUT2D eigenvalue weighted by atomic mass is 28.4. The second-order valence-corrected chi connectivity index (χ2v) is 11.8. The van der Waals surface area contributed by atoms with Gasteiger partial charge in [-0.2, -0.15) is 0 Å². The normalized spacial score (nSPS) is 38.3. The molecule has 16 heavy (non-hydrogen) atoms. The van der Waals surface area contributed by atoms with Gasteiger partial charge in [0, 0.05) is 12.0 Å². The summed E-state index contributed by atoms with van der Waals surface area (Å²) in [6, 6.07) is 0. The third-order valence-electron chi connectivity index (χ3n) is 4.89. The molecule has 2 fully saturated rings. The van der Waals surface area contributed by atoms with Crippen LogP contribution in [0.4, 0.5) is 0 Å². The van der Waals surface area contributed by atoms with Crippen LogP contribution in [0.5, 0.6) is 0 Å². The van der Waals surface area contributed by atoms with Crippen LogP contribution in [0.2, 0.25) is 18.1 Å². The minimum atomic E-state index is -1.60. The van der Waals surface area contributed by atoms with Gasteiger partial charge in [-0.05, 0) is 42.8 Å². The largest absolute Gasteiger partial charge is 0.414 e. The van der Waals surface area contributed by atoms with Crippen LogP contribution in [0.25, 0.3) is 0 Å². The Kier molecular flexibility index (Phi) is 2.82. The van der Waals surface area contributed by atoms with Crippen molar-refractivity contribution < 1.29 is 9.22 Å². The monoisotopic (exact) mass is 240 g/mol. The topological polar surface area (TPSA) is 26.3 Å². The summed E-state index contributed by atoms with van der Waals surface area (Å²) >= 11 is 0. The van der Waals surface area contributed by atoms with E-state index in [9.17, 15) is 4.79 Å². The summed E-state index contributed by atoms with van der Waals surface area (Å²) in [6.45, 7) is 11.5. The molecule has 2 nitrogen and oxygen atoms in total. The van der Waals surface area contributed by atoms with Gasteiger partial charge in [-0.15, -0.1) is 0 Å². The minimum absolute atomic E-state index is 0.295. The first-order valence-corrected chi connectivity index (χ1v) is 9.30. The zero-order chi connectivity index (χ0) is 12.1. The van der Waals surface area contributed by atoms with Crippen molar-refractivity contribution in [2.75, 3.05) is 0 Å². The van der Waals surface area contributed by atoms with Crippen LogP contribution in [0.3, 0.4) is 0 Å². The number of hydrogen-bond acceptors (Lipinski definition) is 2. The molecular formula is C13H24O2Si. The first-order chi connectivity index (χ1) is 7.26. The molecule has 0 spiro atoms. The Bertz CT molecular complexity index is 281. The summed E-state index contributed by atoms with van der Waals surface area (Å²) in [5.41, 5.74) is 0. The maximum Gasteiger partial charge on any atom is 0.192 e. The molecule has 0 radical (unpaired) electrons. The van der Waals surface area contributed by atoms with Gasteiger partial charge in [-0.1, -0.05) is 20.8 Å². The van der Waals surface area contributed by atoms with Gasteiger partial charge in [0.25, 0.3) is 0 Å². The predicted octanol–water partition coefficient (Wildman–Crippen LogP) is 3.23.